The fourth-order valence-electron chi connectivity index (χ4n) is 2.04. The molecule has 0 bridgehead atoms. The largest absolute Gasteiger partial charge is 0.350 e. The molecule has 0 aliphatic carbocycles. The fourth-order valence-corrected chi connectivity index (χ4v) is 2.83. The van der Waals surface area contributed by atoms with Gasteiger partial charge in [0.15, 0.2) is 0 Å². The van der Waals surface area contributed by atoms with Crippen molar-refractivity contribution in [3.05, 3.63) is 35.4 Å². The van der Waals surface area contributed by atoms with Crippen molar-refractivity contribution in [2.45, 2.75) is 31.5 Å². The minimum atomic E-state index is 0.0141. The highest BCUT2D eigenvalue weighted by Gasteiger charge is 2.12. The Morgan fingerprint density at radius 2 is 2.19 bits per heavy atom. The number of carbonyl (C=O) groups excluding carboxylic acids is 1. The van der Waals surface area contributed by atoms with Gasteiger partial charge in [-0.25, -0.2) is 4.68 Å². The second-order valence-corrected chi connectivity index (χ2v) is 5.89. The van der Waals surface area contributed by atoms with Crippen LogP contribution in [0.5, 0.6) is 0 Å². The number of nitrogens with one attached hydrogen (secondary N) is 1. The number of aromatic nitrogens is 4. The maximum absolute atomic E-state index is 12.0. The lowest BCUT2D eigenvalue weighted by atomic mass is 10.0. The van der Waals surface area contributed by atoms with E-state index in [1.807, 2.05) is 25.1 Å². The van der Waals surface area contributed by atoms with Crippen molar-refractivity contribution >= 4 is 17.7 Å². The molecule has 1 unspecified atom stereocenters. The molecular formula is C14H19N5OS. The van der Waals surface area contributed by atoms with Gasteiger partial charge in [-0.2, -0.15) is 0 Å². The summed E-state index contributed by atoms with van der Waals surface area (Å²) in [6.07, 6.45) is 0.438. The normalized spacial score (nSPS) is 12.1. The number of tetrazole rings is 1. The van der Waals surface area contributed by atoms with Crippen molar-refractivity contribution < 1.29 is 4.79 Å². The number of thioether (sulfide) groups is 1. The van der Waals surface area contributed by atoms with Gasteiger partial charge in [-0.15, -0.1) is 5.10 Å². The lowest BCUT2D eigenvalue weighted by molar-refractivity contribution is -0.121. The molecular weight excluding hydrogens is 286 g/mol. The molecule has 0 radical (unpaired) electrons. The zero-order valence-corrected chi connectivity index (χ0v) is 13.2. The quantitative estimate of drug-likeness (QED) is 0.825. The standard InChI is InChI=1S/C14H19N5OS/c1-10-6-4-5-7-12(10)11(2)15-13(20)8-9-21-14-16-17-18-19(14)3/h4-7,11H,8-9H2,1-3H3,(H,15,20). The van der Waals surface area contributed by atoms with Crippen LogP contribution in [0.3, 0.4) is 0 Å². The van der Waals surface area contributed by atoms with Gasteiger partial charge in [0.25, 0.3) is 0 Å². The van der Waals surface area contributed by atoms with Crippen LogP contribution in [0.25, 0.3) is 0 Å². The Labute approximate surface area is 128 Å². The third-order valence-corrected chi connectivity index (χ3v) is 4.19. The molecule has 1 heterocycles. The molecule has 0 spiro atoms. The number of amides is 1. The zero-order valence-electron chi connectivity index (χ0n) is 12.4. The molecule has 1 N–H and O–H groups in total. The average Bonchev–Trinajstić information content (AvgIpc) is 2.85. The third-order valence-electron chi connectivity index (χ3n) is 3.17. The molecule has 0 saturated carbocycles. The number of carbonyl (C=O) groups is 1. The minimum absolute atomic E-state index is 0.0141. The first kappa shape index (κ1) is 15.5. The predicted octanol–water partition coefficient (Wildman–Crippen LogP) is 1.88. The maximum Gasteiger partial charge on any atom is 0.221 e. The molecule has 112 valence electrons. The van der Waals surface area contributed by atoms with Gasteiger partial charge in [-0.05, 0) is 35.4 Å². The van der Waals surface area contributed by atoms with Crippen LogP contribution in [0.2, 0.25) is 0 Å². The van der Waals surface area contributed by atoms with Crippen LogP contribution in [0.1, 0.15) is 30.5 Å². The van der Waals surface area contributed by atoms with Gasteiger partial charge in [-0.3, -0.25) is 4.79 Å². The Morgan fingerprint density at radius 1 is 1.43 bits per heavy atom. The van der Waals surface area contributed by atoms with Crippen LogP contribution in [0, 0.1) is 6.92 Å². The van der Waals surface area contributed by atoms with Gasteiger partial charge in [0, 0.05) is 19.2 Å². The van der Waals surface area contributed by atoms with E-state index in [-0.39, 0.29) is 11.9 Å². The summed E-state index contributed by atoms with van der Waals surface area (Å²) in [4.78, 5) is 12.0. The van der Waals surface area contributed by atoms with Crippen LogP contribution in [-0.4, -0.2) is 31.9 Å². The van der Waals surface area contributed by atoms with E-state index in [4.69, 9.17) is 0 Å². The SMILES string of the molecule is Cc1ccccc1C(C)NC(=O)CCSc1nnnn1C. The Morgan fingerprint density at radius 3 is 2.86 bits per heavy atom. The Kier molecular flexibility index (Phi) is 5.32. The van der Waals surface area contributed by atoms with E-state index in [9.17, 15) is 4.79 Å². The molecule has 0 fully saturated rings. The highest BCUT2D eigenvalue weighted by molar-refractivity contribution is 7.99. The molecule has 1 aromatic heterocycles. The summed E-state index contributed by atoms with van der Waals surface area (Å²) in [5.41, 5.74) is 2.33. The molecule has 1 atom stereocenters. The van der Waals surface area contributed by atoms with E-state index in [1.54, 1.807) is 11.7 Å². The van der Waals surface area contributed by atoms with Crippen molar-refractivity contribution in [2.75, 3.05) is 5.75 Å². The van der Waals surface area contributed by atoms with E-state index in [0.29, 0.717) is 12.2 Å². The van der Waals surface area contributed by atoms with Gasteiger partial charge in [0.2, 0.25) is 11.1 Å². The summed E-state index contributed by atoms with van der Waals surface area (Å²) in [6.45, 7) is 4.05. The summed E-state index contributed by atoms with van der Waals surface area (Å²) in [5, 5.41) is 14.9. The summed E-state index contributed by atoms with van der Waals surface area (Å²) < 4.78 is 1.60. The molecule has 0 aliphatic heterocycles. The monoisotopic (exact) mass is 305 g/mol. The molecule has 21 heavy (non-hydrogen) atoms. The minimum Gasteiger partial charge on any atom is -0.350 e. The smallest absolute Gasteiger partial charge is 0.221 e. The Bertz CT molecular complexity index is 613. The maximum atomic E-state index is 12.0. The zero-order chi connectivity index (χ0) is 15.2. The van der Waals surface area contributed by atoms with Crippen molar-refractivity contribution in [2.24, 2.45) is 7.05 Å². The van der Waals surface area contributed by atoms with Gasteiger partial charge >= 0.3 is 0 Å². The molecule has 1 amide bonds. The van der Waals surface area contributed by atoms with Crippen LogP contribution in [-0.2, 0) is 11.8 Å². The number of nitrogens with zero attached hydrogens (tertiary/aromatic N) is 4. The van der Waals surface area contributed by atoms with Gasteiger partial charge in [0.1, 0.15) is 0 Å². The van der Waals surface area contributed by atoms with Crippen molar-refractivity contribution in [3.8, 4) is 0 Å². The highest BCUT2D eigenvalue weighted by Crippen LogP contribution is 2.17. The molecule has 7 heteroatoms. The van der Waals surface area contributed by atoms with Gasteiger partial charge < -0.3 is 5.32 Å². The lowest BCUT2D eigenvalue weighted by Crippen LogP contribution is -2.27. The number of hydrogen-bond donors (Lipinski definition) is 1. The first-order valence-corrected chi connectivity index (χ1v) is 7.76. The molecule has 0 aliphatic rings. The molecule has 6 nitrogen and oxygen atoms in total. The molecule has 2 aromatic rings. The summed E-state index contributed by atoms with van der Waals surface area (Å²) >= 11 is 1.47. The van der Waals surface area contributed by atoms with Crippen LogP contribution in [0.4, 0.5) is 0 Å². The first-order valence-electron chi connectivity index (χ1n) is 6.78. The first-order chi connectivity index (χ1) is 10.1. The van der Waals surface area contributed by atoms with E-state index < -0.39 is 0 Å². The van der Waals surface area contributed by atoms with E-state index in [1.165, 1.54) is 17.3 Å². The van der Waals surface area contributed by atoms with Crippen molar-refractivity contribution in [1.29, 1.82) is 0 Å². The second kappa shape index (κ2) is 7.21. The number of benzene rings is 1. The molecule has 0 saturated heterocycles. The summed E-state index contributed by atoms with van der Waals surface area (Å²) in [5.74, 6) is 0.689. The van der Waals surface area contributed by atoms with E-state index in [0.717, 1.165) is 10.7 Å². The van der Waals surface area contributed by atoms with Crippen LogP contribution >= 0.6 is 11.8 Å². The van der Waals surface area contributed by atoms with Crippen LogP contribution in [0.15, 0.2) is 29.4 Å². The third kappa shape index (κ3) is 4.29. The number of aryl methyl sites for hydroxylation is 2. The van der Waals surface area contributed by atoms with Gasteiger partial charge in [0.05, 0.1) is 6.04 Å². The van der Waals surface area contributed by atoms with E-state index >= 15 is 0 Å². The fraction of sp³-hybridized carbons (Fsp3) is 0.429. The topological polar surface area (TPSA) is 72.7 Å². The number of hydrogen-bond acceptors (Lipinski definition) is 5. The van der Waals surface area contributed by atoms with Crippen molar-refractivity contribution in [1.82, 2.24) is 25.5 Å². The average molecular weight is 305 g/mol. The molecule has 1 aromatic carbocycles. The Balaban J connectivity index is 1.79. The lowest BCUT2D eigenvalue weighted by Gasteiger charge is -2.16. The van der Waals surface area contributed by atoms with Gasteiger partial charge in [-0.1, -0.05) is 36.0 Å². The van der Waals surface area contributed by atoms with E-state index in [2.05, 4.69) is 33.8 Å². The second-order valence-electron chi connectivity index (χ2n) is 4.83. The molecule has 2 rings (SSSR count). The summed E-state index contributed by atoms with van der Waals surface area (Å²) in [6, 6.07) is 8.09. The number of rotatable bonds is 6. The predicted molar refractivity (Wildman–Crippen MR) is 81.9 cm³/mol. The highest BCUT2D eigenvalue weighted by atomic mass is 32.2. The Hall–Kier alpha value is -1.89. The van der Waals surface area contributed by atoms with Crippen LogP contribution < -0.4 is 5.32 Å². The summed E-state index contributed by atoms with van der Waals surface area (Å²) in [7, 11) is 1.78. The van der Waals surface area contributed by atoms with Crippen molar-refractivity contribution in [3.63, 3.8) is 0 Å².